The van der Waals surface area contributed by atoms with Gasteiger partial charge >= 0.3 is 0 Å². The van der Waals surface area contributed by atoms with E-state index in [-0.39, 0.29) is 4.90 Å². The molecule has 0 spiro atoms. The number of nitrogens with one attached hydrogen (secondary N) is 1. The Bertz CT molecular complexity index is 520. The van der Waals surface area contributed by atoms with Crippen molar-refractivity contribution in [3.05, 3.63) is 29.8 Å². The Morgan fingerprint density at radius 3 is 2.37 bits per heavy atom. The monoisotopic (exact) mass is 283 g/mol. The zero-order valence-corrected chi connectivity index (χ0v) is 12.5. The molecule has 5 heteroatoms. The maximum absolute atomic E-state index is 12.3. The Labute approximate surface area is 115 Å². The van der Waals surface area contributed by atoms with Crippen molar-refractivity contribution < 1.29 is 13.2 Å². The van der Waals surface area contributed by atoms with Gasteiger partial charge in [-0.3, -0.25) is 4.79 Å². The molecule has 0 saturated heterocycles. The molecule has 0 aromatic heterocycles. The fourth-order valence-electron chi connectivity index (χ4n) is 1.61. The number of aryl methyl sites for hydroxylation is 1. The van der Waals surface area contributed by atoms with E-state index in [4.69, 9.17) is 0 Å². The molecule has 4 nitrogen and oxygen atoms in total. The maximum atomic E-state index is 12.3. The van der Waals surface area contributed by atoms with E-state index in [0.717, 1.165) is 18.4 Å². The summed E-state index contributed by atoms with van der Waals surface area (Å²) in [6.07, 6.45) is 1.81. The number of sulfone groups is 1. The summed E-state index contributed by atoms with van der Waals surface area (Å²) in [6, 6.07) is 6.55. The van der Waals surface area contributed by atoms with E-state index in [1.165, 1.54) is 6.92 Å². The highest BCUT2D eigenvalue weighted by Gasteiger charge is 2.29. The highest BCUT2D eigenvalue weighted by atomic mass is 32.2. The molecule has 1 aromatic carbocycles. The second kappa shape index (κ2) is 6.70. The van der Waals surface area contributed by atoms with Gasteiger partial charge in [0, 0.05) is 6.54 Å². The number of carbonyl (C=O) groups excluding carboxylic acids is 1. The summed E-state index contributed by atoms with van der Waals surface area (Å²) in [7, 11) is -3.60. The number of hydrogen-bond donors (Lipinski definition) is 1. The summed E-state index contributed by atoms with van der Waals surface area (Å²) >= 11 is 0. The molecular weight excluding hydrogens is 262 g/mol. The minimum atomic E-state index is -3.60. The average Bonchev–Trinajstić information content (AvgIpc) is 2.38. The van der Waals surface area contributed by atoms with E-state index < -0.39 is 21.0 Å². The first-order valence-corrected chi connectivity index (χ1v) is 8.02. The van der Waals surface area contributed by atoms with Crippen molar-refractivity contribution in [1.29, 1.82) is 0 Å². The lowest BCUT2D eigenvalue weighted by Crippen LogP contribution is -2.38. The van der Waals surface area contributed by atoms with Crippen LogP contribution in [0.2, 0.25) is 0 Å². The van der Waals surface area contributed by atoms with Gasteiger partial charge in [0.15, 0.2) is 9.84 Å². The first-order valence-electron chi connectivity index (χ1n) is 6.48. The lowest BCUT2D eigenvalue weighted by Gasteiger charge is -2.13. The van der Waals surface area contributed by atoms with E-state index in [0.29, 0.717) is 6.54 Å². The van der Waals surface area contributed by atoms with Crippen LogP contribution in [0.3, 0.4) is 0 Å². The molecule has 0 saturated carbocycles. The van der Waals surface area contributed by atoms with Gasteiger partial charge in [-0.05, 0) is 32.4 Å². The zero-order valence-electron chi connectivity index (χ0n) is 11.6. The van der Waals surface area contributed by atoms with E-state index in [1.54, 1.807) is 24.3 Å². The van der Waals surface area contributed by atoms with Crippen molar-refractivity contribution in [2.75, 3.05) is 6.54 Å². The Balaban J connectivity index is 2.82. The van der Waals surface area contributed by atoms with Gasteiger partial charge < -0.3 is 5.32 Å². The largest absolute Gasteiger partial charge is 0.355 e. The average molecular weight is 283 g/mol. The summed E-state index contributed by atoms with van der Waals surface area (Å²) in [5.41, 5.74) is 0.985. The fourth-order valence-corrected chi connectivity index (χ4v) is 2.89. The van der Waals surface area contributed by atoms with Crippen LogP contribution < -0.4 is 5.32 Å². The lowest BCUT2D eigenvalue weighted by atomic mass is 10.2. The van der Waals surface area contributed by atoms with Crippen LogP contribution in [0.25, 0.3) is 0 Å². The molecule has 0 radical (unpaired) electrons. The predicted molar refractivity (Wildman–Crippen MR) is 75.7 cm³/mol. The molecule has 0 heterocycles. The van der Waals surface area contributed by atoms with E-state index >= 15 is 0 Å². The number of benzene rings is 1. The molecule has 1 aromatic rings. The van der Waals surface area contributed by atoms with Crippen LogP contribution in [-0.2, 0) is 14.6 Å². The molecule has 1 unspecified atom stereocenters. The molecule has 1 amide bonds. The molecule has 1 atom stereocenters. The summed E-state index contributed by atoms with van der Waals surface area (Å²) in [5.74, 6) is -0.436. The smallest absolute Gasteiger partial charge is 0.238 e. The molecule has 0 fully saturated rings. The van der Waals surface area contributed by atoms with Gasteiger partial charge in [0.1, 0.15) is 5.25 Å². The summed E-state index contributed by atoms with van der Waals surface area (Å²) < 4.78 is 24.5. The van der Waals surface area contributed by atoms with Crippen LogP contribution >= 0.6 is 0 Å². The molecule has 0 bridgehead atoms. The van der Waals surface area contributed by atoms with Gasteiger partial charge in [-0.2, -0.15) is 0 Å². The van der Waals surface area contributed by atoms with Crippen LogP contribution in [0.4, 0.5) is 0 Å². The normalized spacial score (nSPS) is 13.0. The Hall–Kier alpha value is -1.36. The van der Waals surface area contributed by atoms with Crippen molar-refractivity contribution in [2.45, 2.75) is 43.8 Å². The highest BCUT2D eigenvalue weighted by Crippen LogP contribution is 2.16. The van der Waals surface area contributed by atoms with Crippen molar-refractivity contribution in [3.63, 3.8) is 0 Å². The molecule has 1 rings (SSSR count). The standard InChI is InChI=1S/C14H21NO3S/c1-4-5-10-15-14(16)12(3)19(17,18)13-8-6-11(2)7-9-13/h6-9,12H,4-5,10H2,1-3H3,(H,15,16). The van der Waals surface area contributed by atoms with Crippen molar-refractivity contribution in [3.8, 4) is 0 Å². The Morgan fingerprint density at radius 2 is 1.84 bits per heavy atom. The molecule has 106 valence electrons. The second-order valence-corrected chi connectivity index (χ2v) is 6.91. The first-order chi connectivity index (χ1) is 8.89. The van der Waals surface area contributed by atoms with Gasteiger partial charge in [0.25, 0.3) is 0 Å². The fraction of sp³-hybridized carbons (Fsp3) is 0.500. The number of carbonyl (C=O) groups is 1. The van der Waals surface area contributed by atoms with Gasteiger partial charge in [-0.25, -0.2) is 8.42 Å². The number of unbranched alkanes of at least 4 members (excludes halogenated alkanes) is 1. The Morgan fingerprint density at radius 1 is 1.26 bits per heavy atom. The topological polar surface area (TPSA) is 63.2 Å². The predicted octanol–water partition coefficient (Wildman–Crippen LogP) is 2.07. The third kappa shape index (κ3) is 4.06. The van der Waals surface area contributed by atoms with Crippen molar-refractivity contribution in [1.82, 2.24) is 5.32 Å². The Kier molecular flexibility index (Phi) is 5.54. The molecular formula is C14H21NO3S. The maximum Gasteiger partial charge on any atom is 0.238 e. The minimum absolute atomic E-state index is 0.191. The minimum Gasteiger partial charge on any atom is -0.355 e. The highest BCUT2D eigenvalue weighted by molar-refractivity contribution is 7.92. The third-order valence-corrected chi connectivity index (χ3v) is 5.09. The first kappa shape index (κ1) is 15.7. The van der Waals surface area contributed by atoms with Crippen molar-refractivity contribution >= 4 is 15.7 Å². The lowest BCUT2D eigenvalue weighted by molar-refractivity contribution is -0.120. The van der Waals surface area contributed by atoms with Gasteiger partial charge in [-0.1, -0.05) is 31.0 Å². The molecule has 0 aliphatic carbocycles. The number of amides is 1. The van der Waals surface area contributed by atoms with Crippen LogP contribution in [0.15, 0.2) is 29.2 Å². The third-order valence-electron chi connectivity index (χ3n) is 3.01. The molecule has 1 N–H and O–H groups in total. The van der Waals surface area contributed by atoms with E-state index in [2.05, 4.69) is 5.32 Å². The van der Waals surface area contributed by atoms with Crippen LogP contribution in [0, 0.1) is 6.92 Å². The number of hydrogen-bond acceptors (Lipinski definition) is 3. The quantitative estimate of drug-likeness (QED) is 0.813. The van der Waals surface area contributed by atoms with E-state index in [1.807, 2.05) is 13.8 Å². The van der Waals surface area contributed by atoms with E-state index in [9.17, 15) is 13.2 Å². The van der Waals surface area contributed by atoms with Crippen molar-refractivity contribution in [2.24, 2.45) is 0 Å². The van der Waals surface area contributed by atoms with Crippen LogP contribution in [0.1, 0.15) is 32.3 Å². The molecule has 0 aliphatic heterocycles. The van der Waals surface area contributed by atoms with Gasteiger partial charge in [0.2, 0.25) is 5.91 Å². The van der Waals surface area contributed by atoms with Gasteiger partial charge in [0.05, 0.1) is 4.90 Å². The van der Waals surface area contributed by atoms with Crippen LogP contribution in [0.5, 0.6) is 0 Å². The van der Waals surface area contributed by atoms with Crippen LogP contribution in [-0.4, -0.2) is 26.1 Å². The zero-order chi connectivity index (χ0) is 14.5. The molecule has 19 heavy (non-hydrogen) atoms. The molecule has 0 aliphatic rings. The SMILES string of the molecule is CCCCNC(=O)C(C)S(=O)(=O)c1ccc(C)cc1. The number of rotatable bonds is 6. The second-order valence-electron chi connectivity index (χ2n) is 4.64. The summed E-state index contributed by atoms with van der Waals surface area (Å²) in [4.78, 5) is 12.0. The van der Waals surface area contributed by atoms with Gasteiger partial charge in [-0.15, -0.1) is 0 Å². The summed E-state index contributed by atoms with van der Waals surface area (Å²) in [5, 5.41) is 1.59. The summed E-state index contributed by atoms with van der Waals surface area (Å²) in [6.45, 7) is 5.84.